The van der Waals surface area contributed by atoms with Crippen LogP contribution in [0, 0.1) is 23.2 Å². The third-order valence-electron chi connectivity index (χ3n) is 6.19. The number of nitrogens with zero attached hydrogens (tertiary/aromatic N) is 6. The smallest absolute Gasteiger partial charge is 0.255 e. The molecule has 0 aliphatic carbocycles. The highest BCUT2D eigenvalue weighted by atomic mass is 16.5. The van der Waals surface area contributed by atoms with Gasteiger partial charge >= 0.3 is 0 Å². The Balaban J connectivity index is 1.76. The Morgan fingerprint density at radius 2 is 2.16 bits per heavy atom. The number of methoxy groups -OCH3 is 2. The Labute approximate surface area is 213 Å². The molecule has 0 unspecified atom stereocenters. The normalized spacial score (nSPS) is 16.6. The summed E-state index contributed by atoms with van der Waals surface area (Å²) in [6.45, 7) is 4.30. The number of likely N-dealkylation sites (tertiary alicyclic amines) is 1. The topological polar surface area (TPSA) is 153 Å². The first-order valence-electron chi connectivity index (χ1n) is 11.4. The number of rotatable bonds is 7. The molecule has 4 heterocycles. The van der Waals surface area contributed by atoms with E-state index in [1.165, 1.54) is 23.9 Å². The van der Waals surface area contributed by atoms with Gasteiger partial charge in [-0.1, -0.05) is 12.5 Å². The molecule has 0 aromatic carbocycles. The Bertz CT molecular complexity index is 1490. The van der Waals surface area contributed by atoms with E-state index in [9.17, 15) is 14.9 Å². The largest absolute Gasteiger partial charge is 0.494 e. The number of pyridine rings is 1. The Kier molecular flexibility index (Phi) is 7.13. The van der Waals surface area contributed by atoms with Crippen LogP contribution in [0.1, 0.15) is 39.6 Å². The van der Waals surface area contributed by atoms with Crippen molar-refractivity contribution >= 4 is 23.1 Å². The summed E-state index contributed by atoms with van der Waals surface area (Å²) in [6.07, 6.45) is 4.92. The molecule has 0 saturated carbocycles. The molecular formula is C25H26N8O4. The number of carbonyl (C=O) groups is 2. The zero-order valence-electron chi connectivity index (χ0n) is 20.7. The van der Waals surface area contributed by atoms with Crippen molar-refractivity contribution in [2.24, 2.45) is 5.73 Å². The summed E-state index contributed by atoms with van der Waals surface area (Å²) in [5.74, 6) is 5.87. The number of fused-ring (bicyclic) bond motifs is 1. The fraction of sp³-hybridized carbons (Fsp3) is 0.320. The van der Waals surface area contributed by atoms with Crippen molar-refractivity contribution in [1.29, 1.82) is 5.26 Å². The van der Waals surface area contributed by atoms with Gasteiger partial charge in [-0.15, -0.1) is 0 Å². The van der Waals surface area contributed by atoms with Gasteiger partial charge in [0, 0.05) is 32.5 Å². The molecule has 37 heavy (non-hydrogen) atoms. The summed E-state index contributed by atoms with van der Waals surface area (Å²) in [7, 11) is 4.73. The van der Waals surface area contributed by atoms with E-state index >= 15 is 0 Å². The zero-order chi connectivity index (χ0) is 26.7. The van der Waals surface area contributed by atoms with Gasteiger partial charge in [0.05, 0.1) is 32.0 Å². The predicted molar refractivity (Wildman–Crippen MR) is 134 cm³/mol. The number of nitrogens with two attached hydrogens (primary N) is 1. The van der Waals surface area contributed by atoms with Gasteiger partial charge in [-0.2, -0.15) is 15.5 Å². The molecule has 3 aromatic rings. The van der Waals surface area contributed by atoms with Crippen LogP contribution in [0.5, 0.6) is 5.75 Å². The van der Waals surface area contributed by atoms with Crippen molar-refractivity contribution in [3.05, 3.63) is 53.5 Å². The van der Waals surface area contributed by atoms with Gasteiger partial charge in [0.25, 0.3) is 5.91 Å². The highest BCUT2D eigenvalue weighted by Gasteiger charge is 2.37. The second-order valence-corrected chi connectivity index (χ2v) is 8.33. The van der Waals surface area contributed by atoms with Crippen molar-refractivity contribution < 1.29 is 19.1 Å². The van der Waals surface area contributed by atoms with E-state index in [1.807, 2.05) is 0 Å². The fourth-order valence-electron chi connectivity index (χ4n) is 4.59. The molecule has 12 nitrogen and oxygen atoms in total. The Hall–Kier alpha value is -4.81. The first-order chi connectivity index (χ1) is 17.9. The standard InChI is InChI=1S/C25H26N8O4/c1-5-21(34)31-13-17(9-18(31)14-36-3)33-25(28-2)22(24(27)35)19(30-33)7-6-15-8-20(37-4)23-16(10-26)11-29-32(23)12-15/h5,8,11-12,17-18,28H,1,9,13-14H2,2-4H3,(H2,27,35)/t17-,18+/m0/s1. The minimum atomic E-state index is -0.691. The van der Waals surface area contributed by atoms with Crippen LogP contribution < -0.4 is 15.8 Å². The predicted octanol–water partition coefficient (Wildman–Crippen LogP) is 0.926. The monoisotopic (exact) mass is 502 g/mol. The molecule has 2 amide bonds. The Morgan fingerprint density at radius 3 is 2.78 bits per heavy atom. The summed E-state index contributed by atoms with van der Waals surface area (Å²) in [5.41, 5.74) is 7.48. The van der Waals surface area contributed by atoms with Crippen LogP contribution in [0.4, 0.5) is 5.82 Å². The lowest BCUT2D eigenvalue weighted by Crippen LogP contribution is -2.37. The highest BCUT2D eigenvalue weighted by molar-refractivity contribution is 6.00. The number of carbonyl (C=O) groups excluding carboxylic acids is 2. The van der Waals surface area contributed by atoms with Crippen molar-refractivity contribution in [3.63, 3.8) is 0 Å². The average molecular weight is 503 g/mol. The van der Waals surface area contributed by atoms with Gasteiger partial charge in [-0.3, -0.25) is 9.59 Å². The molecule has 3 aromatic heterocycles. The maximum absolute atomic E-state index is 12.4. The van der Waals surface area contributed by atoms with Crippen LogP contribution >= 0.6 is 0 Å². The molecule has 1 aliphatic heterocycles. The second-order valence-electron chi connectivity index (χ2n) is 8.33. The zero-order valence-corrected chi connectivity index (χ0v) is 20.7. The van der Waals surface area contributed by atoms with Crippen molar-refractivity contribution in [3.8, 4) is 23.7 Å². The number of primary amides is 1. The molecule has 2 atom stereocenters. The van der Waals surface area contributed by atoms with E-state index in [2.05, 4.69) is 40.0 Å². The molecule has 1 fully saturated rings. The van der Waals surface area contributed by atoms with Crippen LogP contribution in [0.25, 0.3) is 5.52 Å². The summed E-state index contributed by atoms with van der Waals surface area (Å²) >= 11 is 0. The summed E-state index contributed by atoms with van der Waals surface area (Å²) in [6, 6.07) is 3.34. The minimum absolute atomic E-state index is 0.144. The number of ether oxygens (including phenoxy) is 2. The van der Waals surface area contributed by atoms with E-state index in [1.54, 1.807) is 36.0 Å². The van der Waals surface area contributed by atoms with Gasteiger partial charge < -0.3 is 25.4 Å². The van der Waals surface area contributed by atoms with E-state index in [0.717, 1.165) is 0 Å². The van der Waals surface area contributed by atoms with Crippen LogP contribution in [0.15, 0.2) is 31.1 Å². The lowest BCUT2D eigenvalue weighted by atomic mass is 10.1. The third-order valence-corrected chi connectivity index (χ3v) is 6.19. The second kappa shape index (κ2) is 10.4. The van der Waals surface area contributed by atoms with Crippen LogP contribution in [0.2, 0.25) is 0 Å². The van der Waals surface area contributed by atoms with Gasteiger partial charge in [0.1, 0.15) is 34.3 Å². The van der Waals surface area contributed by atoms with Crippen LogP contribution in [0.3, 0.4) is 0 Å². The molecule has 1 aliphatic rings. The number of hydrogen-bond donors (Lipinski definition) is 2. The van der Waals surface area contributed by atoms with E-state index in [-0.39, 0.29) is 29.2 Å². The number of aromatic nitrogens is 4. The molecule has 0 radical (unpaired) electrons. The number of amides is 2. The van der Waals surface area contributed by atoms with Gasteiger partial charge in [0.15, 0.2) is 5.69 Å². The molecule has 12 heteroatoms. The quantitative estimate of drug-likeness (QED) is 0.357. The van der Waals surface area contributed by atoms with Crippen LogP contribution in [-0.4, -0.2) is 76.6 Å². The van der Waals surface area contributed by atoms with Crippen LogP contribution in [-0.2, 0) is 9.53 Å². The number of nitrogens with one attached hydrogen (secondary N) is 1. The van der Waals surface area contributed by atoms with Gasteiger partial charge in [0.2, 0.25) is 5.91 Å². The lowest BCUT2D eigenvalue weighted by Gasteiger charge is -2.22. The van der Waals surface area contributed by atoms with Crippen molar-refractivity contribution in [1.82, 2.24) is 24.3 Å². The number of nitriles is 1. The number of anilines is 1. The summed E-state index contributed by atoms with van der Waals surface area (Å²) in [5, 5.41) is 21.1. The van der Waals surface area contributed by atoms with Crippen molar-refractivity contribution in [2.45, 2.75) is 18.5 Å². The molecular weight excluding hydrogens is 476 g/mol. The van der Waals surface area contributed by atoms with E-state index in [0.29, 0.717) is 47.8 Å². The third kappa shape index (κ3) is 4.58. The van der Waals surface area contributed by atoms with E-state index < -0.39 is 5.91 Å². The molecule has 1 saturated heterocycles. The average Bonchev–Trinajstić information content (AvgIpc) is 3.61. The minimum Gasteiger partial charge on any atom is -0.494 e. The number of hydrogen-bond acceptors (Lipinski definition) is 8. The molecule has 4 rings (SSSR count). The molecule has 190 valence electrons. The molecule has 0 spiro atoms. The van der Waals surface area contributed by atoms with Crippen molar-refractivity contribution in [2.75, 3.05) is 39.7 Å². The first kappa shape index (κ1) is 25.3. The maximum atomic E-state index is 12.4. The Morgan fingerprint density at radius 1 is 1.38 bits per heavy atom. The van der Waals surface area contributed by atoms with Gasteiger partial charge in [-0.25, -0.2) is 9.20 Å². The van der Waals surface area contributed by atoms with E-state index in [4.69, 9.17) is 15.2 Å². The lowest BCUT2D eigenvalue weighted by molar-refractivity contribution is -0.127. The van der Waals surface area contributed by atoms with Gasteiger partial charge in [-0.05, 0) is 24.5 Å². The highest BCUT2D eigenvalue weighted by Crippen LogP contribution is 2.32. The summed E-state index contributed by atoms with van der Waals surface area (Å²) in [4.78, 5) is 26.5. The molecule has 0 bridgehead atoms. The molecule has 3 N–H and O–H groups in total. The maximum Gasteiger partial charge on any atom is 0.255 e. The fourth-order valence-corrected chi connectivity index (χ4v) is 4.59. The summed E-state index contributed by atoms with van der Waals surface area (Å²) < 4.78 is 13.9. The SMILES string of the molecule is C=CC(=O)N1C[C@@H](n2nc(C#Cc3cc(OC)c4c(C#N)cnn4c3)c(C(N)=O)c2NC)C[C@@H]1COC. The first-order valence-corrected chi connectivity index (χ1v) is 11.4.